The third-order valence-corrected chi connectivity index (χ3v) is 9.04. The van der Waals surface area contributed by atoms with Crippen molar-refractivity contribution >= 4 is 5.78 Å². The van der Waals surface area contributed by atoms with Gasteiger partial charge in [0, 0.05) is 12.8 Å². The lowest BCUT2D eigenvalue weighted by Crippen LogP contribution is -2.55. The second-order valence-electron chi connectivity index (χ2n) is 9.67. The summed E-state index contributed by atoms with van der Waals surface area (Å²) in [6.07, 6.45) is 9.98. The fourth-order valence-electron chi connectivity index (χ4n) is 7.29. The number of aliphatic hydroxyl groups is 1. The van der Waals surface area contributed by atoms with Crippen molar-refractivity contribution in [3.8, 4) is 0 Å². The van der Waals surface area contributed by atoms with Crippen LogP contribution in [-0.4, -0.2) is 16.5 Å². The molecule has 4 aliphatic rings. The number of fused-ring (bicyclic) bond motifs is 5. The molecule has 0 aliphatic heterocycles. The van der Waals surface area contributed by atoms with Gasteiger partial charge in [0.2, 0.25) is 0 Å². The van der Waals surface area contributed by atoms with E-state index in [2.05, 4.69) is 20.8 Å². The summed E-state index contributed by atoms with van der Waals surface area (Å²) in [6, 6.07) is 0. The number of Topliss-reactive ketones (excluding diaryl/α,β-unsaturated/α-hetero) is 1. The van der Waals surface area contributed by atoms with Crippen LogP contribution in [-0.2, 0) is 4.79 Å². The summed E-state index contributed by atoms with van der Waals surface area (Å²) >= 11 is 0. The minimum atomic E-state index is -0.469. The van der Waals surface area contributed by atoms with Gasteiger partial charge in [-0.05, 0) is 86.4 Å². The average Bonchev–Trinajstić information content (AvgIpc) is 2.70. The molecule has 4 saturated carbocycles. The van der Waals surface area contributed by atoms with Crippen molar-refractivity contribution in [1.29, 1.82) is 0 Å². The molecule has 124 valence electrons. The highest BCUT2D eigenvalue weighted by Gasteiger charge is 2.63. The molecule has 0 aromatic rings. The zero-order valence-corrected chi connectivity index (χ0v) is 14.5. The van der Waals surface area contributed by atoms with Crippen molar-refractivity contribution in [1.82, 2.24) is 0 Å². The zero-order valence-electron chi connectivity index (χ0n) is 14.5. The average molecular weight is 304 g/mol. The molecule has 4 aliphatic carbocycles. The first-order valence-corrected chi connectivity index (χ1v) is 9.52. The molecule has 0 spiro atoms. The second-order valence-corrected chi connectivity index (χ2v) is 9.67. The Kier molecular flexibility index (Phi) is 3.16. The highest BCUT2D eigenvalue weighted by molar-refractivity contribution is 5.79. The van der Waals surface area contributed by atoms with Crippen molar-refractivity contribution in [3.05, 3.63) is 0 Å². The molecular weight excluding hydrogens is 272 g/mol. The lowest BCUT2D eigenvalue weighted by atomic mass is 9.44. The molecule has 0 saturated heterocycles. The standard InChI is InChI=1S/C20H32O2/c1-18-9-6-14(21)12-13(18)4-5-15-16(18)7-10-19(2)17(15)8-11-20(19,3)22/h13,15-17,22H,4-12H2,1-3H3/t13-,15+,16-,17-,18-,19-,20-/m0/s1. The molecule has 0 aromatic heterocycles. The largest absolute Gasteiger partial charge is 0.390 e. The molecule has 0 bridgehead atoms. The molecule has 0 amide bonds. The number of ketones is 1. The fourth-order valence-corrected chi connectivity index (χ4v) is 7.29. The minimum Gasteiger partial charge on any atom is -0.390 e. The topological polar surface area (TPSA) is 37.3 Å². The number of carbonyl (C=O) groups excluding carboxylic acids is 1. The van der Waals surface area contributed by atoms with E-state index in [1.165, 1.54) is 32.1 Å². The Labute approximate surface area is 135 Å². The Hall–Kier alpha value is -0.370. The van der Waals surface area contributed by atoms with Crippen LogP contribution in [0.5, 0.6) is 0 Å². The molecule has 0 heterocycles. The van der Waals surface area contributed by atoms with E-state index in [1.807, 2.05) is 0 Å². The molecule has 4 fully saturated rings. The van der Waals surface area contributed by atoms with Gasteiger partial charge in [0.15, 0.2) is 0 Å². The zero-order chi connectivity index (χ0) is 15.8. The van der Waals surface area contributed by atoms with E-state index in [9.17, 15) is 9.90 Å². The Morgan fingerprint density at radius 2 is 1.68 bits per heavy atom. The predicted octanol–water partition coefficient (Wildman–Crippen LogP) is 4.35. The van der Waals surface area contributed by atoms with Gasteiger partial charge in [-0.1, -0.05) is 13.8 Å². The van der Waals surface area contributed by atoms with Crippen molar-refractivity contribution in [2.24, 2.45) is 34.5 Å². The summed E-state index contributed by atoms with van der Waals surface area (Å²) in [6.45, 7) is 6.94. The van der Waals surface area contributed by atoms with Crippen LogP contribution in [0.1, 0.15) is 78.6 Å². The van der Waals surface area contributed by atoms with E-state index >= 15 is 0 Å². The third kappa shape index (κ3) is 1.79. The SMILES string of the molecule is C[C@]12CCC(=O)C[C@@H]1CC[C@@H]1[C@@H]2CC[C@@]2(C)[C@H]1CC[C@]2(C)O. The van der Waals surface area contributed by atoms with Crippen LogP contribution in [0.3, 0.4) is 0 Å². The predicted molar refractivity (Wildman–Crippen MR) is 87.4 cm³/mol. The lowest BCUT2D eigenvalue weighted by Gasteiger charge is -2.60. The van der Waals surface area contributed by atoms with Crippen LogP contribution in [0.15, 0.2) is 0 Å². The molecule has 0 radical (unpaired) electrons. The van der Waals surface area contributed by atoms with Gasteiger partial charge in [-0.25, -0.2) is 0 Å². The van der Waals surface area contributed by atoms with Crippen molar-refractivity contribution < 1.29 is 9.90 Å². The van der Waals surface area contributed by atoms with Gasteiger partial charge < -0.3 is 5.11 Å². The molecule has 0 unspecified atom stereocenters. The Bertz CT molecular complexity index is 496. The van der Waals surface area contributed by atoms with Crippen LogP contribution < -0.4 is 0 Å². The first-order chi connectivity index (χ1) is 10.3. The van der Waals surface area contributed by atoms with E-state index in [0.717, 1.165) is 37.5 Å². The van der Waals surface area contributed by atoms with Crippen LogP contribution in [0.2, 0.25) is 0 Å². The molecule has 2 nitrogen and oxygen atoms in total. The van der Waals surface area contributed by atoms with Gasteiger partial charge in [-0.3, -0.25) is 4.79 Å². The lowest BCUT2D eigenvalue weighted by molar-refractivity contribution is -0.152. The van der Waals surface area contributed by atoms with Gasteiger partial charge in [0.1, 0.15) is 5.78 Å². The summed E-state index contributed by atoms with van der Waals surface area (Å²) < 4.78 is 0. The van der Waals surface area contributed by atoms with E-state index in [4.69, 9.17) is 0 Å². The van der Waals surface area contributed by atoms with Gasteiger partial charge in [0.05, 0.1) is 5.60 Å². The maximum atomic E-state index is 11.9. The normalized spacial score (nSPS) is 57.9. The number of rotatable bonds is 0. The molecule has 2 heteroatoms. The van der Waals surface area contributed by atoms with Crippen LogP contribution in [0, 0.1) is 34.5 Å². The summed E-state index contributed by atoms with van der Waals surface area (Å²) in [5.74, 6) is 3.44. The number of hydrogen-bond acceptors (Lipinski definition) is 2. The van der Waals surface area contributed by atoms with Gasteiger partial charge in [0.25, 0.3) is 0 Å². The van der Waals surface area contributed by atoms with Crippen molar-refractivity contribution in [3.63, 3.8) is 0 Å². The summed E-state index contributed by atoms with van der Waals surface area (Å²) in [5, 5.41) is 10.9. The maximum absolute atomic E-state index is 11.9. The maximum Gasteiger partial charge on any atom is 0.133 e. The van der Waals surface area contributed by atoms with Gasteiger partial charge in [-0.2, -0.15) is 0 Å². The molecule has 1 N–H and O–H groups in total. The van der Waals surface area contributed by atoms with Crippen molar-refractivity contribution in [2.45, 2.75) is 84.2 Å². The van der Waals surface area contributed by atoms with Crippen LogP contribution in [0.4, 0.5) is 0 Å². The second kappa shape index (κ2) is 4.59. The summed E-state index contributed by atoms with van der Waals surface area (Å²) in [4.78, 5) is 11.9. The highest BCUT2D eigenvalue weighted by atomic mass is 16.3. The van der Waals surface area contributed by atoms with E-state index in [-0.39, 0.29) is 5.41 Å². The molecule has 4 rings (SSSR count). The molecular formula is C20H32O2. The Balaban J connectivity index is 1.65. The monoisotopic (exact) mass is 304 g/mol. The van der Waals surface area contributed by atoms with Gasteiger partial charge >= 0.3 is 0 Å². The quantitative estimate of drug-likeness (QED) is 0.722. The number of hydrogen-bond donors (Lipinski definition) is 1. The Morgan fingerprint density at radius 1 is 0.955 bits per heavy atom. The number of carbonyl (C=O) groups is 1. The first kappa shape index (κ1) is 15.2. The highest BCUT2D eigenvalue weighted by Crippen LogP contribution is 2.67. The summed E-state index contributed by atoms with van der Waals surface area (Å²) in [7, 11) is 0. The van der Waals surface area contributed by atoms with Crippen molar-refractivity contribution in [2.75, 3.05) is 0 Å². The fraction of sp³-hybridized carbons (Fsp3) is 0.950. The first-order valence-electron chi connectivity index (χ1n) is 9.52. The molecule has 22 heavy (non-hydrogen) atoms. The Morgan fingerprint density at radius 3 is 2.45 bits per heavy atom. The van der Waals surface area contributed by atoms with E-state index in [0.29, 0.717) is 23.0 Å². The van der Waals surface area contributed by atoms with E-state index in [1.54, 1.807) is 0 Å². The molecule has 0 aromatic carbocycles. The minimum absolute atomic E-state index is 0.127. The molecule has 7 atom stereocenters. The third-order valence-electron chi connectivity index (χ3n) is 9.04. The van der Waals surface area contributed by atoms with Crippen LogP contribution >= 0.6 is 0 Å². The summed E-state index contributed by atoms with van der Waals surface area (Å²) in [5.41, 5.74) is 0.0530. The van der Waals surface area contributed by atoms with Gasteiger partial charge in [-0.15, -0.1) is 0 Å². The van der Waals surface area contributed by atoms with Crippen LogP contribution in [0.25, 0.3) is 0 Å². The van der Waals surface area contributed by atoms with E-state index < -0.39 is 5.60 Å². The smallest absolute Gasteiger partial charge is 0.133 e.